The van der Waals surface area contributed by atoms with Crippen LogP contribution < -0.4 is 4.74 Å². The van der Waals surface area contributed by atoms with E-state index in [2.05, 4.69) is 22.0 Å². The molecule has 0 radical (unpaired) electrons. The van der Waals surface area contributed by atoms with Crippen LogP contribution in [0.1, 0.15) is 26.3 Å². The van der Waals surface area contributed by atoms with Crippen LogP contribution in [0.4, 0.5) is 0 Å². The highest BCUT2D eigenvalue weighted by Crippen LogP contribution is 2.22. The van der Waals surface area contributed by atoms with Gasteiger partial charge < -0.3 is 9.47 Å². The number of halogens is 1. The quantitative estimate of drug-likeness (QED) is 0.799. The molecule has 0 N–H and O–H groups in total. The molecule has 1 rings (SSSR count). The van der Waals surface area contributed by atoms with E-state index in [1.165, 1.54) is 0 Å². The fraction of sp³-hybridized carbons (Fsp3) is 0.462. The number of benzene rings is 1. The van der Waals surface area contributed by atoms with E-state index in [4.69, 9.17) is 14.7 Å². The highest BCUT2D eigenvalue weighted by molar-refractivity contribution is 9.10. The largest absolute Gasteiger partial charge is 0.491 e. The highest BCUT2D eigenvalue weighted by atomic mass is 79.9. The predicted molar refractivity (Wildman–Crippen MR) is 70.1 cm³/mol. The van der Waals surface area contributed by atoms with Gasteiger partial charge >= 0.3 is 0 Å². The highest BCUT2D eigenvalue weighted by Gasteiger charge is 2.09. The van der Waals surface area contributed by atoms with Gasteiger partial charge in [0.15, 0.2) is 0 Å². The molecule has 17 heavy (non-hydrogen) atoms. The Bertz CT molecular complexity index is 418. The van der Waals surface area contributed by atoms with E-state index in [0.717, 1.165) is 10.2 Å². The van der Waals surface area contributed by atoms with Crippen molar-refractivity contribution in [3.63, 3.8) is 0 Å². The van der Waals surface area contributed by atoms with Crippen molar-refractivity contribution in [1.29, 1.82) is 5.26 Å². The third-order valence-electron chi connectivity index (χ3n) is 1.95. The van der Waals surface area contributed by atoms with Crippen LogP contribution >= 0.6 is 15.9 Å². The minimum absolute atomic E-state index is 0.144. The first-order chi connectivity index (χ1) is 7.92. The summed E-state index contributed by atoms with van der Waals surface area (Å²) in [4.78, 5) is 0. The van der Waals surface area contributed by atoms with Crippen LogP contribution in [0.25, 0.3) is 0 Å². The minimum atomic E-state index is -0.144. The van der Waals surface area contributed by atoms with Gasteiger partial charge in [-0.2, -0.15) is 5.26 Å². The average Bonchev–Trinajstić information content (AvgIpc) is 2.23. The Labute approximate surface area is 110 Å². The molecule has 0 saturated carbocycles. The predicted octanol–water partition coefficient (Wildman–Crippen LogP) is 3.51. The molecule has 92 valence electrons. The lowest BCUT2D eigenvalue weighted by molar-refractivity contribution is -0.0163. The zero-order chi connectivity index (χ0) is 12.9. The molecule has 0 heterocycles. The first-order valence-corrected chi connectivity index (χ1v) is 6.18. The van der Waals surface area contributed by atoms with Gasteiger partial charge in [0, 0.05) is 4.47 Å². The molecule has 0 bridgehead atoms. The zero-order valence-corrected chi connectivity index (χ0v) is 11.9. The second-order valence-corrected chi connectivity index (χ2v) is 5.42. The summed E-state index contributed by atoms with van der Waals surface area (Å²) in [6, 6.07) is 7.37. The number of ether oxygens (including phenoxy) is 2. The standard InChI is InChI=1S/C13H16BrNO2/c1-13(2,3)17-7-6-16-11-5-4-10(9-15)12(14)8-11/h4-5,8H,6-7H2,1-3H3. The maximum Gasteiger partial charge on any atom is 0.120 e. The van der Waals surface area contributed by atoms with Crippen molar-refractivity contribution >= 4 is 15.9 Å². The normalized spacial score (nSPS) is 11.0. The fourth-order valence-electron chi connectivity index (χ4n) is 1.18. The van der Waals surface area contributed by atoms with Crippen molar-refractivity contribution in [3.05, 3.63) is 28.2 Å². The van der Waals surface area contributed by atoms with Crippen molar-refractivity contribution in [2.45, 2.75) is 26.4 Å². The third kappa shape index (κ3) is 5.20. The molecular weight excluding hydrogens is 282 g/mol. The van der Waals surface area contributed by atoms with E-state index in [1.807, 2.05) is 20.8 Å². The van der Waals surface area contributed by atoms with E-state index in [9.17, 15) is 0 Å². The van der Waals surface area contributed by atoms with Gasteiger partial charge in [0.05, 0.1) is 17.8 Å². The van der Waals surface area contributed by atoms with Crippen molar-refractivity contribution in [3.8, 4) is 11.8 Å². The van der Waals surface area contributed by atoms with Crippen LogP contribution in [0.2, 0.25) is 0 Å². The molecule has 0 aliphatic rings. The molecule has 0 aliphatic heterocycles. The minimum Gasteiger partial charge on any atom is -0.491 e. The molecule has 1 aromatic carbocycles. The Morgan fingerprint density at radius 1 is 1.29 bits per heavy atom. The summed E-state index contributed by atoms with van der Waals surface area (Å²) in [6.07, 6.45) is 0. The molecule has 0 unspecified atom stereocenters. The topological polar surface area (TPSA) is 42.2 Å². The van der Waals surface area contributed by atoms with E-state index >= 15 is 0 Å². The molecule has 0 saturated heterocycles. The maximum absolute atomic E-state index is 8.77. The number of hydrogen-bond donors (Lipinski definition) is 0. The summed E-state index contributed by atoms with van der Waals surface area (Å²) in [5, 5.41) is 8.77. The Balaban J connectivity index is 2.43. The number of hydrogen-bond acceptors (Lipinski definition) is 3. The van der Waals surface area contributed by atoms with Crippen LogP contribution in [-0.2, 0) is 4.74 Å². The Morgan fingerprint density at radius 2 is 2.00 bits per heavy atom. The summed E-state index contributed by atoms with van der Waals surface area (Å²) in [6.45, 7) is 7.05. The summed E-state index contributed by atoms with van der Waals surface area (Å²) in [5.41, 5.74) is 0.456. The van der Waals surface area contributed by atoms with Gasteiger partial charge in [-0.05, 0) is 54.9 Å². The molecule has 0 amide bonds. The number of rotatable bonds is 4. The molecule has 0 spiro atoms. The first-order valence-electron chi connectivity index (χ1n) is 5.39. The third-order valence-corrected chi connectivity index (χ3v) is 2.60. The van der Waals surface area contributed by atoms with Crippen LogP contribution in [0.15, 0.2) is 22.7 Å². The lowest BCUT2D eigenvalue weighted by Crippen LogP contribution is -2.22. The molecule has 0 fully saturated rings. The first kappa shape index (κ1) is 14.0. The Kier molecular flexibility index (Phi) is 4.98. The van der Waals surface area contributed by atoms with Gasteiger partial charge in [0.1, 0.15) is 18.4 Å². The van der Waals surface area contributed by atoms with Crippen LogP contribution in [0.3, 0.4) is 0 Å². The van der Waals surface area contributed by atoms with Crippen LogP contribution in [0.5, 0.6) is 5.75 Å². The van der Waals surface area contributed by atoms with Crippen molar-refractivity contribution in [2.24, 2.45) is 0 Å². The van der Waals surface area contributed by atoms with Gasteiger partial charge in [0.2, 0.25) is 0 Å². The molecule has 4 heteroatoms. The monoisotopic (exact) mass is 297 g/mol. The Morgan fingerprint density at radius 3 is 2.53 bits per heavy atom. The van der Waals surface area contributed by atoms with Crippen LogP contribution in [-0.4, -0.2) is 18.8 Å². The van der Waals surface area contributed by atoms with Gasteiger partial charge in [0.25, 0.3) is 0 Å². The molecule has 0 atom stereocenters. The van der Waals surface area contributed by atoms with Gasteiger partial charge in [-0.15, -0.1) is 0 Å². The van der Waals surface area contributed by atoms with Crippen molar-refractivity contribution in [1.82, 2.24) is 0 Å². The van der Waals surface area contributed by atoms with Crippen LogP contribution in [0, 0.1) is 11.3 Å². The SMILES string of the molecule is CC(C)(C)OCCOc1ccc(C#N)c(Br)c1. The lowest BCUT2D eigenvalue weighted by atomic mass is 10.2. The summed E-state index contributed by atoms with van der Waals surface area (Å²) in [5.74, 6) is 0.730. The zero-order valence-electron chi connectivity index (χ0n) is 10.3. The molecule has 0 aliphatic carbocycles. The smallest absolute Gasteiger partial charge is 0.120 e. The molecule has 1 aromatic rings. The van der Waals surface area contributed by atoms with E-state index in [-0.39, 0.29) is 5.60 Å². The summed E-state index contributed by atoms with van der Waals surface area (Å²) < 4.78 is 11.8. The Hall–Kier alpha value is -1.05. The van der Waals surface area contributed by atoms with Gasteiger partial charge in [-0.1, -0.05) is 0 Å². The summed E-state index contributed by atoms with van der Waals surface area (Å²) >= 11 is 3.31. The average molecular weight is 298 g/mol. The van der Waals surface area contributed by atoms with E-state index in [0.29, 0.717) is 18.8 Å². The number of nitriles is 1. The van der Waals surface area contributed by atoms with E-state index < -0.39 is 0 Å². The lowest BCUT2D eigenvalue weighted by Gasteiger charge is -2.19. The molecular formula is C13H16BrNO2. The number of nitrogens with zero attached hydrogens (tertiary/aromatic N) is 1. The second-order valence-electron chi connectivity index (χ2n) is 4.56. The van der Waals surface area contributed by atoms with E-state index in [1.54, 1.807) is 18.2 Å². The molecule has 3 nitrogen and oxygen atoms in total. The maximum atomic E-state index is 8.77. The van der Waals surface area contributed by atoms with Crippen molar-refractivity contribution < 1.29 is 9.47 Å². The van der Waals surface area contributed by atoms with Gasteiger partial charge in [-0.3, -0.25) is 0 Å². The summed E-state index contributed by atoms with van der Waals surface area (Å²) in [7, 11) is 0. The second kappa shape index (κ2) is 6.04. The van der Waals surface area contributed by atoms with Gasteiger partial charge in [-0.25, -0.2) is 0 Å². The molecule has 0 aromatic heterocycles. The fourth-order valence-corrected chi connectivity index (χ4v) is 1.63. The van der Waals surface area contributed by atoms with Crippen molar-refractivity contribution in [2.75, 3.05) is 13.2 Å².